The van der Waals surface area contributed by atoms with E-state index in [1.54, 1.807) is 0 Å². The molecule has 0 atom stereocenters. The fourth-order valence-electron chi connectivity index (χ4n) is 1.32. The minimum absolute atomic E-state index is 0.271. The third kappa shape index (κ3) is 2.64. The van der Waals surface area contributed by atoms with Gasteiger partial charge in [0.1, 0.15) is 0 Å². The quantitative estimate of drug-likeness (QED) is 0.700. The maximum Gasteiger partial charge on any atom is 0.416 e. The molecule has 0 unspecified atom stereocenters. The molecule has 1 rings (SSSR count). The summed E-state index contributed by atoms with van der Waals surface area (Å²) in [5, 5.41) is 0.349. The van der Waals surface area contributed by atoms with Crippen molar-refractivity contribution >= 4 is 11.6 Å². The van der Waals surface area contributed by atoms with Crippen LogP contribution in [0.2, 0.25) is 5.02 Å². The Morgan fingerprint density at radius 1 is 1.29 bits per heavy atom. The molecule has 1 aromatic rings. The van der Waals surface area contributed by atoms with Crippen LogP contribution in [0.4, 0.5) is 13.2 Å². The highest BCUT2D eigenvalue weighted by atomic mass is 35.5. The van der Waals surface area contributed by atoms with Gasteiger partial charge in [0, 0.05) is 5.02 Å². The van der Waals surface area contributed by atoms with Crippen LogP contribution in [0.5, 0.6) is 0 Å². The first kappa shape index (κ1) is 11.4. The van der Waals surface area contributed by atoms with Crippen molar-refractivity contribution in [3.05, 3.63) is 34.3 Å². The highest BCUT2D eigenvalue weighted by Gasteiger charge is 2.32. The topological polar surface area (TPSA) is 0 Å². The molecule has 0 saturated carbocycles. The predicted octanol–water partition coefficient (Wildman–Crippen LogP) is 4.31. The molecule has 0 bridgehead atoms. The van der Waals surface area contributed by atoms with E-state index in [0.29, 0.717) is 17.9 Å². The molecule has 0 heterocycles. The SMILES string of the molecule is CCCc1cc(Cl)ccc1C(F)(F)F. The number of aryl methyl sites for hydroxylation is 1. The molecule has 0 aliphatic rings. The summed E-state index contributed by atoms with van der Waals surface area (Å²) in [6, 6.07) is 3.69. The van der Waals surface area contributed by atoms with E-state index in [-0.39, 0.29) is 5.56 Å². The molecule has 14 heavy (non-hydrogen) atoms. The molecule has 78 valence electrons. The van der Waals surface area contributed by atoms with Gasteiger partial charge in [-0.1, -0.05) is 24.9 Å². The molecule has 1 aromatic carbocycles. The molecule has 0 aromatic heterocycles. The minimum atomic E-state index is -4.28. The third-order valence-electron chi connectivity index (χ3n) is 1.89. The van der Waals surface area contributed by atoms with Crippen molar-refractivity contribution in [1.82, 2.24) is 0 Å². The molecule has 0 N–H and O–H groups in total. The summed E-state index contributed by atoms with van der Waals surface area (Å²) in [5.74, 6) is 0. The van der Waals surface area contributed by atoms with Crippen LogP contribution in [0.15, 0.2) is 18.2 Å². The van der Waals surface area contributed by atoms with Gasteiger partial charge in [-0.2, -0.15) is 13.2 Å². The summed E-state index contributed by atoms with van der Waals surface area (Å²) in [4.78, 5) is 0. The number of rotatable bonds is 2. The molecule has 0 aliphatic carbocycles. The van der Waals surface area contributed by atoms with Crippen LogP contribution >= 0.6 is 11.6 Å². The van der Waals surface area contributed by atoms with Gasteiger partial charge >= 0.3 is 6.18 Å². The van der Waals surface area contributed by atoms with Crippen molar-refractivity contribution in [2.45, 2.75) is 25.9 Å². The van der Waals surface area contributed by atoms with E-state index in [9.17, 15) is 13.2 Å². The summed E-state index contributed by atoms with van der Waals surface area (Å²) in [6.45, 7) is 1.83. The van der Waals surface area contributed by atoms with Gasteiger partial charge in [-0.15, -0.1) is 0 Å². The average Bonchev–Trinajstić information content (AvgIpc) is 2.02. The zero-order valence-corrected chi connectivity index (χ0v) is 8.41. The van der Waals surface area contributed by atoms with Crippen molar-refractivity contribution < 1.29 is 13.2 Å². The lowest BCUT2D eigenvalue weighted by atomic mass is 10.0. The van der Waals surface area contributed by atoms with E-state index in [1.807, 2.05) is 6.92 Å². The van der Waals surface area contributed by atoms with E-state index in [4.69, 9.17) is 11.6 Å². The Balaban J connectivity index is 3.15. The highest BCUT2D eigenvalue weighted by Crippen LogP contribution is 2.33. The Hall–Kier alpha value is -0.700. The molecular weight excluding hydrogens is 213 g/mol. The summed E-state index contributed by atoms with van der Waals surface area (Å²) >= 11 is 5.64. The van der Waals surface area contributed by atoms with Gasteiger partial charge in [-0.05, 0) is 30.2 Å². The second kappa shape index (κ2) is 4.22. The highest BCUT2D eigenvalue weighted by molar-refractivity contribution is 6.30. The number of hydrogen-bond acceptors (Lipinski definition) is 0. The van der Waals surface area contributed by atoms with Crippen LogP contribution in [0.25, 0.3) is 0 Å². The largest absolute Gasteiger partial charge is 0.416 e. The summed E-state index contributed by atoms with van der Waals surface area (Å²) in [6.07, 6.45) is -3.21. The van der Waals surface area contributed by atoms with Crippen LogP contribution in [-0.2, 0) is 12.6 Å². The normalized spacial score (nSPS) is 11.8. The van der Waals surface area contributed by atoms with Gasteiger partial charge in [-0.3, -0.25) is 0 Å². The zero-order valence-electron chi connectivity index (χ0n) is 7.66. The number of halogens is 4. The lowest BCUT2D eigenvalue weighted by Crippen LogP contribution is -2.08. The summed E-state index contributed by atoms with van der Waals surface area (Å²) in [5.41, 5.74) is -0.309. The van der Waals surface area contributed by atoms with E-state index in [0.717, 1.165) is 6.07 Å². The van der Waals surface area contributed by atoms with Crippen molar-refractivity contribution in [2.24, 2.45) is 0 Å². The molecule has 0 nitrogen and oxygen atoms in total. The summed E-state index contributed by atoms with van der Waals surface area (Å²) < 4.78 is 37.4. The Labute approximate surface area is 85.7 Å². The van der Waals surface area contributed by atoms with E-state index >= 15 is 0 Å². The second-order valence-electron chi connectivity index (χ2n) is 3.05. The lowest BCUT2D eigenvalue weighted by molar-refractivity contribution is -0.138. The van der Waals surface area contributed by atoms with Crippen molar-refractivity contribution in [2.75, 3.05) is 0 Å². The first-order chi connectivity index (χ1) is 6.45. The Morgan fingerprint density at radius 3 is 2.43 bits per heavy atom. The molecule has 0 aliphatic heterocycles. The first-order valence-corrected chi connectivity index (χ1v) is 4.68. The molecule has 0 radical (unpaired) electrons. The standard InChI is InChI=1S/C10H10ClF3/c1-2-3-7-6-8(11)4-5-9(7)10(12,13)14/h4-6H,2-3H2,1H3. The van der Waals surface area contributed by atoms with Crippen LogP contribution in [0.3, 0.4) is 0 Å². The van der Waals surface area contributed by atoms with Gasteiger partial charge in [0.15, 0.2) is 0 Å². The Bertz CT molecular complexity index is 318. The predicted molar refractivity (Wildman–Crippen MR) is 50.4 cm³/mol. The molecule has 0 spiro atoms. The molecule has 0 saturated heterocycles. The fraction of sp³-hybridized carbons (Fsp3) is 0.400. The van der Waals surface area contributed by atoms with Crippen LogP contribution in [0.1, 0.15) is 24.5 Å². The summed E-state index contributed by atoms with van der Waals surface area (Å²) in [7, 11) is 0. The Morgan fingerprint density at radius 2 is 1.93 bits per heavy atom. The Kier molecular flexibility index (Phi) is 3.43. The van der Waals surface area contributed by atoms with E-state index < -0.39 is 11.7 Å². The zero-order chi connectivity index (χ0) is 10.8. The van der Waals surface area contributed by atoms with Crippen LogP contribution in [0, 0.1) is 0 Å². The second-order valence-corrected chi connectivity index (χ2v) is 3.49. The average molecular weight is 223 g/mol. The van der Waals surface area contributed by atoms with Gasteiger partial charge in [0.2, 0.25) is 0 Å². The number of hydrogen-bond donors (Lipinski definition) is 0. The van der Waals surface area contributed by atoms with E-state index in [2.05, 4.69) is 0 Å². The maximum absolute atomic E-state index is 12.5. The van der Waals surface area contributed by atoms with Gasteiger partial charge in [0.05, 0.1) is 5.56 Å². The number of benzene rings is 1. The van der Waals surface area contributed by atoms with Gasteiger partial charge < -0.3 is 0 Å². The van der Waals surface area contributed by atoms with Gasteiger partial charge in [-0.25, -0.2) is 0 Å². The van der Waals surface area contributed by atoms with Crippen molar-refractivity contribution in [1.29, 1.82) is 0 Å². The van der Waals surface area contributed by atoms with Gasteiger partial charge in [0.25, 0.3) is 0 Å². The molecule has 0 amide bonds. The first-order valence-electron chi connectivity index (χ1n) is 4.30. The van der Waals surface area contributed by atoms with E-state index in [1.165, 1.54) is 12.1 Å². The monoisotopic (exact) mass is 222 g/mol. The molecule has 0 fully saturated rings. The fourth-order valence-corrected chi connectivity index (χ4v) is 1.51. The minimum Gasteiger partial charge on any atom is -0.166 e. The molecule has 4 heteroatoms. The van der Waals surface area contributed by atoms with Crippen LogP contribution in [-0.4, -0.2) is 0 Å². The number of alkyl halides is 3. The third-order valence-corrected chi connectivity index (χ3v) is 2.13. The smallest absolute Gasteiger partial charge is 0.166 e. The lowest BCUT2D eigenvalue weighted by Gasteiger charge is -2.12. The van der Waals surface area contributed by atoms with Crippen molar-refractivity contribution in [3.63, 3.8) is 0 Å². The molecular formula is C10H10ClF3. The van der Waals surface area contributed by atoms with Crippen LogP contribution < -0.4 is 0 Å². The maximum atomic E-state index is 12.5. The van der Waals surface area contributed by atoms with Crippen molar-refractivity contribution in [3.8, 4) is 0 Å².